The number of rotatable bonds is 8. The van der Waals surface area contributed by atoms with Gasteiger partial charge in [-0.1, -0.05) is 30.3 Å². The Kier molecular flexibility index (Phi) is 7.88. The molecule has 3 atom stereocenters. The minimum atomic E-state index is -4.18. The molecule has 11 heteroatoms. The minimum Gasteiger partial charge on any atom is -0.489 e. The zero-order valence-corrected chi connectivity index (χ0v) is 24.7. The molecule has 2 aliphatic heterocycles. The van der Waals surface area contributed by atoms with Crippen LogP contribution in [-0.4, -0.2) is 40.7 Å². The number of sulfonamides is 1. The lowest BCUT2D eigenvalue weighted by atomic mass is 9.75. The molecule has 9 nitrogen and oxygen atoms in total. The number of amides is 1. The van der Waals surface area contributed by atoms with Gasteiger partial charge in [0.15, 0.2) is 9.84 Å². The lowest BCUT2D eigenvalue weighted by Gasteiger charge is -2.48. The number of sulfone groups is 1. The van der Waals surface area contributed by atoms with Crippen LogP contribution in [-0.2, 0) is 36.0 Å². The van der Waals surface area contributed by atoms with Gasteiger partial charge in [0.05, 0.1) is 28.4 Å². The van der Waals surface area contributed by atoms with Crippen LogP contribution in [0.15, 0.2) is 82.6 Å². The number of fused-ring (bicyclic) bond motifs is 3. The second-order valence-electron chi connectivity index (χ2n) is 11.0. The van der Waals surface area contributed by atoms with Crippen LogP contribution in [0.2, 0.25) is 0 Å². The molecule has 3 aromatic rings. The Morgan fingerprint density at radius 3 is 2.32 bits per heavy atom. The van der Waals surface area contributed by atoms with Gasteiger partial charge in [-0.15, -0.1) is 0 Å². The Balaban J connectivity index is 1.28. The van der Waals surface area contributed by atoms with Gasteiger partial charge in [-0.05, 0) is 74.7 Å². The van der Waals surface area contributed by atoms with Crippen molar-refractivity contribution in [3.05, 3.63) is 83.9 Å². The molecule has 1 fully saturated rings. The SMILES string of the molecule is CC1(C)Oc2ccc(OCc3ccccc3)cc2[C@@H]2O[C@H](CC(=O)NS(=O)(=O)c3ccc(S(C)(=O)=O)cc3)CC[C@H]21. The van der Waals surface area contributed by atoms with Crippen molar-refractivity contribution in [3.8, 4) is 11.5 Å². The van der Waals surface area contributed by atoms with E-state index in [2.05, 4.69) is 4.72 Å². The summed E-state index contributed by atoms with van der Waals surface area (Å²) in [5, 5.41) is 0. The minimum absolute atomic E-state index is 0.0128. The number of hydrogen-bond acceptors (Lipinski definition) is 8. The van der Waals surface area contributed by atoms with Crippen molar-refractivity contribution in [2.75, 3.05) is 6.26 Å². The third kappa shape index (κ3) is 6.58. The second kappa shape index (κ2) is 11.1. The molecule has 1 saturated heterocycles. The molecule has 2 aliphatic rings. The molecule has 0 spiro atoms. The van der Waals surface area contributed by atoms with Crippen molar-refractivity contribution >= 4 is 25.8 Å². The summed E-state index contributed by atoms with van der Waals surface area (Å²) in [6.07, 6.45) is 1.30. The zero-order valence-electron chi connectivity index (χ0n) is 23.1. The van der Waals surface area contributed by atoms with E-state index in [4.69, 9.17) is 14.2 Å². The lowest BCUT2D eigenvalue weighted by molar-refractivity contribution is -0.155. The average Bonchev–Trinajstić information content (AvgIpc) is 2.91. The maximum absolute atomic E-state index is 12.8. The molecule has 0 aromatic heterocycles. The lowest BCUT2D eigenvalue weighted by Crippen LogP contribution is -2.49. The van der Waals surface area contributed by atoms with Crippen LogP contribution in [0.5, 0.6) is 11.5 Å². The molecule has 5 rings (SSSR count). The van der Waals surface area contributed by atoms with Crippen molar-refractivity contribution < 1.29 is 35.8 Å². The van der Waals surface area contributed by atoms with Crippen LogP contribution in [0, 0.1) is 5.92 Å². The number of nitrogens with one attached hydrogen (secondary N) is 1. The van der Waals surface area contributed by atoms with Crippen molar-refractivity contribution in [1.82, 2.24) is 4.72 Å². The Labute approximate surface area is 240 Å². The van der Waals surface area contributed by atoms with Gasteiger partial charge in [0.1, 0.15) is 23.7 Å². The van der Waals surface area contributed by atoms with Gasteiger partial charge in [-0.3, -0.25) is 4.79 Å². The predicted molar refractivity (Wildman–Crippen MR) is 152 cm³/mol. The molecule has 0 aliphatic carbocycles. The molecule has 0 saturated carbocycles. The topological polar surface area (TPSA) is 125 Å². The first-order chi connectivity index (χ1) is 19.3. The van der Waals surface area contributed by atoms with Crippen molar-refractivity contribution in [2.45, 2.75) is 67.3 Å². The summed E-state index contributed by atoms with van der Waals surface area (Å²) in [5.74, 6) is 0.683. The molecule has 41 heavy (non-hydrogen) atoms. The van der Waals surface area contributed by atoms with E-state index in [9.17, 15) is 21.6 Å². The molecule has 0 radical (unpaired) electrons. The first-order valence-electron chi connectivity index (χ1n) is 13.3. The molecular formula is C30H33NO8S2. The van der Waals surface area contributed by atoms with Crippen LogP contribution in [0.1, 0.15) is 50.3 Å². The average molecular weight is 600 g/mol. The summed E-state index contributed by atoms with van der Waals surface area (Å²) in [5.41, 5.74) is 1.38. The van der Waals surface area contributed by atoms with E-state index < -0.39 is 37.5 Å². The van der Waals surface area contributed by atoms with Gasteiger partial charge in [-0.25, -0.2) is 21.6 Å². The highest BCUT2D eigenvalue weighted by Gasteiger charge is 2.48. The Hall–Kier alpha value is -3.41. The van der Waals surface area contributed by atoms with Crippen LogP contribution in [0.4, 0.5) is 0 Å². The molecule has 0 unspecified atom stereocenters. The highest BCUT2D eigenvalue weighted by molar-refractivity contribution is 7.91. The molecule has 0 bridgehead atoms. The highest BCUT2D eigenvalue weighted by Crippen LogP contribution is 2.51. The van der Waals surface area contributed by atoms with Gasteiger partial charge in [0, 0.05) is 17.7 Å². The molecular weight excluding hydrogens is 566 g/mol. The first kappa shape index (κ1) is 29.1. The van der Waals surface area contributed by atoms with Crippen LogP contribution in [0.3, 0.4) is 0 Å². The third-order valence-corrected chi connectivity index (χ3v) is 10.0. The second-order valence-corrected chi connectivity index (χ2v) is 14.7. The Morgan fingerprint density at radius 1 is 0.951 bits per heavy atom. The third-order valence-electron chi connectivity index (χ3n) is 7.53. The van der Waals surface area contributed by atoms with E-state index in [1.807, 2.05) is 62.4 Å². The number of benzene rings is 3. The maximum atomic E-state index is 12.8. The normalized spacial score (nSPS) is 21.6. The summed E-state index contributed by atoms with van der Waals surface area (Å²) < 4.78 is 69.8. The molecule has 2 heterocycles. The van der Waals surface area contributed by atoms with Gasteiger partial charge < -0.3 is 14.2 Å². The summed E-state index contributed by atoms with van der Waals surface area (Å²) in [6.45, 7) is 4.45. The Bertz CT molecular complexity index is 1640. The monoisotopic (exact) mass is 599 g/mol. The maximum Gasteiger partial charge on any atom is 0.264 e. The molecule has 218 valence electrons. The van der Waals surface area contributed by atoms with Gasteiger partial charge >= 0.3 is 0 Å². The predicted octanol–water partition coefficient (Wildman–Crippen LogP) is 4.57. The largest absolute Gasteiger partial charge is 0.489 e. The van der Waals surface area contributed by atoms with E-state index in [0.29, 0.717) is 24.5 Å². The van der Waals surface area contributed by atoms with Gasteiger partial charge in [-0.2, -0.15) is 0 Å². The van der Waals surface area contributed by atoms with Crippen molar-refractivity contribution in [1.29, 1.82) is 0 Å². The fraction of sp³-hybridized carbons (Fsp3) is 0.367. The van der Waals surface area contributed by atoms with E-state index in [1.165, 1.54) is 12.1 Å². The quantitative estimate of drug-likeness (QED) is 0.399. The van der Waals surface area contributed by atoms with Crippen LogP contribution in [0.25, 0.3) is 0 Å². The number of carbonyl (C=O) groups is 1. The first-order valence-corrected chi connectivity index (χ1v) is 16.7. The molecule has 3 aromatic carbocycles. The standard InChI is InChI=1S/C30H33NO8S2/c1-30(2)26-15-9-22(18-28(32)31-41(35,36)24-13-11-23(12-14-24)40(3,33)34)38-29(26)25-17-21(10-16-27(25)39-30)37-19-20-7-5-4-6-8-20/h4-8,10-14,16-17,22,26,29H,9,15,18-19H2,1-3H3,(H,31,32)/t22-,26+,29-/m0/s1. The van der Waals surface area contributed by atoms with E-state index in [0.717, 1.165) is 35.9 Å². The van der Waals surface area contributed by atoms with Crippen molar-refractivity contribution in [3.63, 3.8) is 0 Å². The Morgan fingerprint density at radius 2 is 1.63 bits per heavy atom. The van der Waals surface area contributed by atoms with E-state index in [1.54, 1.807) is 0 Å². The van der Waals surface area contributed by atoms with Crippen molar-refractivity contribution in [2.24, 2.45) is 5.92 Å². The van der Waals surface area contributed by atoms with Gasteiger partial charge in [0.25, 0.3) is 10.0 Å². The summed E-state index contributed by atoms with van der Waals surface area (Å²) in [6, 6.07) is 20.2. The fourth-order valence-electron chi connectivity index (χ4n) is 5.39. The summed E-state index contributed by atoms with van der Waals surface area (Å²) in [7, 11) is -7.67. The highest BCUT2D eigenvalue weighted by atomic mass is 32.2. The summed E-state index contributed by atoms with van der Waals surface area (Å²) in [4.78, 5) is 12.6. The molecule has 1 N–H and O–H groups in total. The number of hydrogen-bond donors (Lipinski definition) is 1. The summed E-state index contributed by atoms with van der Waals surface area (Å²) >= 11 is 0. The smallest absolute Gasteiger partial charge is 0.264 e. The van der Waals surface area contributed by atoms with E-state index >= 15 is 0 Å². The zero-order chi connectivity index (χ0) is 29.4. The number of carbonyl (C=O) groups excluding carboxylic acids is 1. The van der Waals surface area contributed by atoms with Crippen LogP contribution >= 0.6 is 0 Å². The van der Waals surface area contributed by atoms with Gasteiger partial charge in [0.2, 0.25) is 5.91 Å². The van der Waals surface area contributed by atoms with E-state index in [-0.39, 0.29) is 28.2 Å². The molecule has 1 amide bonds. The van der Waals surface area contributed by atoms with Crippen LogP contribution < -0.4 is 14.2 Å². The fourth-order valence-corrected chi connectivity index (χ4v) is 7.02. The number of ether oxygens (including phenoxy) is 3.